The van der Waals surface area contributed by atoms with Crippen LogP contribution in [0.1, 0.15) is 11.1 Å². The summed E-state index contributed by atoms with van der Waals surface area (Å²) in [7, 11) is 0. The van der Waals surface area contributed by atoms with Crippen LogP contribution in [0.4, 0.5) is 34.1 Å². The summed E-state index contributed by atoms with van der Waals surface area (Å²) in [5.41, 5.74) is 20.3. The summed E-state index contributed by atoms with van der Waals surface area (Å²) in [6.45, 7) is -0.356. The van der Waals surface area contributed by atoms with Crippen molar-refractivity contribution in [3.05, 3.63) is 248 Å². The molecule has 2 heterocycles. The number of rotatable bonds is 7. The quantitative estimate of drug-likeness (QED) is 0.150. The zero-order valence-electron chi connectivity index (χ0n) is 36.4. The molecule has 0 atom stereocenters. The molecule has 2 aliphatic rings. The molecule has 12 rings (SSSR count). The molecule has 4 nitrogen and oxygen atoms in total. The van der Waals surface area contributed by atoms with E-state index in [1.165, 1.54) is 0 Å². The van der Waals surface area contributed by atoms with Crippen molar-refractivity contribution in [3.8, 4) is 67.8 Å². The fourth-order valence-electron chi connectivity index (χ4n) is 10.2. The molecule has 10 aromatic rings. The first-order chi connectivity index (χ1) is 33.1. The van der Waals surface area contributed by atoms with Gasteiger partial charge in [0.05, 0.1) is 22.5 Å². The molecule has 310 valence electrons. The molecule has 0 saturated carbocycles. The van der Waals surface area contributed by atoms with Crippen LogP contribution >= 0.6 is 0 Å². The minimum atomic E-state index is -0.356. The zero-order chi connectivity index (χ0) is 44.8. The van der Waals surface area contributed by atoms with Crippen LogP contribution in [0.15, 0.2) is 237 Å². The number of fused-ring (bicyclic) bond motifs is 4. The van der Waals surface area contributed by atoms with Gasteiger partial charge in [0, 0.05) is 22.7 Å². The van der Waals surface area contributed by atoms with Gasteiger partial charge in [0.2, 0.25) is 0 Å². The Bertz CT molecular complexity index is 3350. The second-order valence-electron chi connectivity index (χ2n) is 17.1. The molecular formula is C62H39BN4. The van der Waals surface area contributed by atoms with Crippen LogP contribution in [0.25, 0.3) is 55.6 Å². The fraction of sp³-hybridized carbons (Fsp3) is 0. The minimum Gasteiger partial charge on any atom is -0.310 e. The van der Waals surface area contributed by atoms with Crippen LogP contribution in [0.5, 0.6) is 0 Å². The van der Waals surface area contributed by atoms with Gasteiger partial charge in [-0.1, -0.05) is 188 Å². The summed E-state index contributed by atoms with van der Waals surface area (Å²) in [6, 6.07) is 88.0. The van der Waals surface area contributed by atoms with Crippen LogP contribution in [-0.2, 0) is 0 Å². The third-order valence-electron chi connectivity index (χ3n) is 13.3. The lowest BCUT2D eigenvalue weighted by Gasteiger charge is -2.45. The maximum Gasteiger partial charge on any atom is 0.252 e. The average Bonchev–Trinajstić information content (AvgIpc) is 3.41. The third kappa shape index (κ3) is 6.78. The van der Waals surface area contributed by atoms with Gasteiger partial charge in [0.1, 0.15) is 12.1 Å². The first-order valence-electron chi connectivity index (χ1n) is 22.6. The van der Waals surface area contributed by atoms with Gasteiger partial charge in [0.15, 0.2) is 0 Å². The highest BCUT2D eigenvalue weighted by molar-refractivity contribution is 7.00. The number of nitrogens with zero attached hydrogens (tertiary/aromatic N) is 4. The Morgan fingerprint density at radius 3 is 0.896 bits per heavy atom. The van der Waals surface area contributed by atoms with E-state index in [1.807, 2.05) is 66.7 Å². The highest BCUT2D eigenvalue weighted by Gasteiger charge is 2.46. The molecule has 5 heteroatoms. The van der Waals surface area contributed by atoms with Crippen molar-refractivity contribution in [2.75, 3.05) is 9.80 Å². The Hall–Kier alpha value is -9.16. The molecule has 0 amide bonds. The molecule has 0 fully saturated rings. The monoisotopic (exact) mass is 850 g/mol. The largest absolute Gasteiger partial charge is 0.310 e. The van der Waals surface area contributed by atoms with Gasteiger partial charge in [-0.2, -0.15) is 10.5 Å². The Morgan fingerprint density at radius 2 is 0.582 bits per heavy atom. The van der Waals surface area contributed by atoms with Crippen molar-refractivity contribution >= 4 is 57.2 Å². The maximum absolute atomic E-state index is 11.4. The number of anilines is 6. The predicted octanol–water partition coefficient (Wildman–Crippen LogP) is 13.8. The van der Waals surface area contributed by atoms with Gasteiger partial charge in [-0.3, -0.25) is 0 Å². The van der Waals surface area contributed by atoms with Gasteiger partial charge >= 0.3 is 0 Å². The van der Waals surface area contributed by atoms with Gasteiger partial charge in [0.25, 0.3) is 6.71 Å². The second-order valence-corrected chi connectivity index (χ2v) is 17.1. The standard InChI is InChI=1S/C62H39BN4/c64-40-52-34-49(44-20-10-3-11-21-44)36-56-61(52)66(54-30-26-47(27-31-54)42-16-6-1-7-17-42)58-38-51(46-24-14-5-15-25-46)39-59-60(58)63(56)57-37-50(45-22-12-4-13-23-45)35-53(41-65)62(57)67(59)55-32-28-48(29-33-55)43-18-8-2-9-19-43/h1-39H. The van der Waals surface area contributed by atoms with Crippen molar-refractivity contribution in [2.45, 2.75) is 0 Å². The molecular weight excluding hydrogens is 812 g/mol. The fourth-order valence-corrected chi connectivity index (χ4v) is 10.2. The molecule has 0 bridgehead atoms. The third-order valence-corrected chi connectivity index (χ3v) is 13.3. The zero-order valence-corrected chi connectivity index (χ0v) is 36.4. The van der Waals surface area contributed by atoms with E-state index in [4.69, 9.17) is 0 Å². The summed E-state index contributed by atoms with van der Waals surface area (Å²) in [5, 5.41) is 22.7. The molecule has 0 N–H and O–H groups in total. The van der Waals surface area contributed by atoms with Crippen LogP contribution in [0.2, 0.25) is 0 Å². The lowest BCUT2D eigenvalue weighted by Crippen LogP contribution is -2.62. The topological polar surface area (TPSA) is 54.1 Å². The Morgan fingerprint density at radius 1 is 0.299 bits per heavy atom. The first-order valence-corrected chi connectivity index (χ1v) is 22.6. The van der Waals surface area contributed by atoms with Crippen LogP contribution in [-0.4, -0.2) is 6.71 Å². The molecule has 0 radical (unpaired) electrons. The van der Waals surface area contributed by atoms with Crippen LogP contribution < -0.4 is 26.2 Å². The highest BCUT2D eigenvalue weighted by atomic mass is 15.2. The normalized spacial score (nSPS) is 12.1. The number of hydrogen-bond donors (Lipinski definition) is 0. The average molecular weight is 851 g/mol. The van der Waals surface area contributed by atoms with Crippen LogP contribution in [0, 0.1) is 22.7 Å². The van der Waals surface area contributed by atoms with Gasteiger partial charge in [-0.05, 0) is 121 Å². The van der Waals surface area contributed by atoms with Crippen LogP contribution in [0.3, 0.4) is 0 Å². The summed E-state index contributed by atoms with van der Waals surface area (Å²) in [6.07, 6.45) is 0. The Balaban J connectivity index is 1.20. The van der Waals surface area contributed by atoms with E-state index in [0.717, 1.165) is 106 Å². The maximum atomic E-state index is 11.4. The minimum absolute atomic E-state index is 0.356. The van der Waals surface area contributed by atoms with E-state index in [1.54, 1.807) is 0 Å². The molecule has 10 aromatic carbocycles. The lowest BCUT2D eigenvalue weighted by molar-refractivity contribution is 1.24. The molecule has 67 heavy (non-hydrogen) atoms. The molecule has 0 aliphatic carbocycles. The van der Waals surface area contributed by atoms with Crippen molar-refractivity contribution in [3.63, 3.8) is 0 Å². The van der Waals surface area contributed by atoms with E-state index in [0.29, 0.717) is 11.1 Å². The van der Waals surface area contributed by atoms with Gasteiger partial charge < -0.3 is 9.80 Å². The first kappa shape index (κ1) is 39.4. The Kier molecular flexibility index (Phi) is 9.68. The molecule has 2 aliphatic heterocycles. The van der Waals surface area contributed by atoms with Crippen molar-refractivity contribution in [2.24, 2.45) is 0 Å². The van der Waals surface area contributed by atoms with Gasteiger partial charge in [-0.25, -0.2) is 0 Å². The van der Waals surface area contributed by atoms with Crippen molar-refractivity contribution in [1.29, 1.82) is 10.5 Å². The molecule has 0 aromatic heterocycles. The lowest BCUT2D eigenvalue weighted by atomic mass is 9.33. The predicted molar refractivity (Wildman–Crippen MR) is 277 cm³/mol. The molecule has 0 saturated heterocycles. The van der Waals surface area contributed by atoms with Crippen molar-refractivity contribution < 1.29 is 0 Å². The van der Waals surface area contributed by atoms with E-state index in [9.17, 15) is 10.5 Å². The van der Waals surface area contributed by atoms with Crippen molar-refractivity contribution in [1.82, 2.24) is 0 Å². The second kappa shape index (κ2) is 16.4. The summed E-state index contributed by atoms with van der Waals surface area (Å²) in [4.78, 5) is 4.63. The SMILES string of the molecule is N#Cc1cc(-c2ccccc2)cc2c1N(c1ccc(-c3ccccc3)cc1)c1cc(-c3ccccc3)cc3c1B2c1cc(-c2ccccc2)cc(C#N)c1N3c1ccc(-c2ccccc2)cc1. The van der Waals surface area contributed by atoms with E-state index < -0.39 is 0 Å². The highest BCUT2D eigenvalue weighted by Crippen LogP contribution is 2.49. The molecule has 0 spiro atoms. The number of benzene rings is 10. The molecule has 0 unspecified atom stereocenters. The van der Waals surface area contributed by atoms with E-state index in [-0.39, 0.29) is 6.71 Å². The summed E-state index contributed by atoms with van der Waals surface area (Å²) >= 11 is 0. The smallest absolute Gasteiger partial charge is 0.252 e. The number of hydrogen-bond acceptors (Lipinski definition) is 4. The van der Waals surface area contributed by atoms with Gasteiger partial charge in [-0.15, -0.1) is 0 Å². The summed E-state index contributed by atoms with van der Waals surface area (Å²) < 4.78 is 0. The van der Waals surface area contributed by atoms with E-state index in [2.05, 4.69) is 192 Å². The number of nitriles is 2. The summed E-state index contributed by atoms with van der Waals surface area (Å²) in [5.74, 6) is 0. The van der Waals surface area contributed by atoms with E-state index >= 15 is 0 Å². The Labute approximate surface area is 391 Å².